The van der Waals surface area contributed by atoms with Crippen molar-refractivity contribution < 1.29 is 14.3 Å². The quantitative estimate of drug-likeness (QED) is 0.730. The van der Waals surface area contributed by atoms with Gasteiger partial charge in [-0.15, -0.1) is 0 Å². The lowest BCUT2D eigenvalue weighted by Gasteiger charge is -2.26. The van der Waals surface area contributed by atoms with Crippen molar-refractivity contribution in [2.24, 2.45) is 5.41 Å². The minimum Gasteiger partial charge on any atom is -0.383 e. The maximum absolute atomic E-state index is 12.9. The molecule has 8 heteroatoms. The molecule has 2 aliphatic rings. The number of rotatable bonds is 4. The average Bonchev–Trinajstić information content (AvgIpc) is 2.79. The molecule has 0 aliphatic carbocycles. The molecule has 0 saturated carbocycles. The van der Waals surface area contributed by atoms with Crippen LogP contribution < -0.4 is 0 Å². The predicted octanol–water partition coefficient (Wildman–Crippen LogP) is 2.88. The first-order valence-corrected chi connectivity index (χ1v) is 9.61. The predicted molar refractivity (Wildman–Crippen MR) is 99.5 cm³/mol. The number of halogens is 2. The Morgan fingerprint density at radius 1 is 1.27 bits per heavy atom. The molecule has 0 aromatic carbocycles. The lowest BCUT2D eigenvalue weighted by molar-refractivity contribution is -0.137. The number of nitrogens with zero attached hydrogens (tertiary/aromatic N) is 3. The average molecular weight is 400 g/mol. The zero-order chi connectivity index (χ0) is 18.7. The first-order valence-electron chi connectivity index (χ1n) is 8.85. The second-order valence-electron chi connectivity index (χ2n) is 6.95. The first-order chi connectivity index (χ1) is 12.5. The van der Waals surface area contributed by atoms with Crippen LogP contribution in [0.5, 0.6) is 0 Å². The van der Waals surface area contributed by atoms with E-state index in [2.05, 4.69) is 4.98 Å². The molecular weight excluding hydrogens is 377 g/mol. The summed E-state index contributed by atoms with van der Waals surface area (Å²) in [5, 5.41) is 0.561. The van der Waals surface area contributed by atoms with E-state index < -0.39 is 0 Å². The van der Waals surface area contributed by atoms with Crippen LogP contribution in [0, 0.1) is 5.41 Å². The van der Waals surface area contributed by atoms with E-state index in [1.54, 1.807) is 12.0 Å². The second-order valence-corrected chi connectivity index (χ2v) is 7.74. The minimum absolute atomic E-state index is 0.155. The largest absolute Gasteiger partial charge is 0.383 e. The van der Waals surface area contributed by atoms with Crippen molar-refractivity contribution in [3.63, 3.8) is 0 Å². The molecule has 2 fully saturated rings. The van der Waals surface area contributed by atoms with Gasteiger partial charge in [-0.3, -0.25) is 9.59 Å². The molecule has 0 radical (unpaired) electrons. The minimum atomic E-state index is -0.342. The van der Waals surface area contributed by atoms with E-state index >= 15 is 0 Å². The Labute approximate surface area is 163 Å². The third kappa shape index (κ3) is 3.82. The molecule has 0 bridgehead atoms. The molecule has 1 aromatic rings. The summed E-state index contributed by atoms with van der Waals surface area (Å²) in [5.41, 5.74) is 0.0108. The summed E-state index contributed by atoms with van der Waals surface area (Å²) < 4.78 is 5.10. The fourth-order valence-electron chi connectivity index (χ4n) is 3.90. The Balaban J connectivity index is 1.68. The number of aromatic nitrogens is 1. The van der Waals surface area contributed by atoms with E-state index in [9.17, 15) is 9.59 Å². The van der Waals surface area contributed by atoms with Crippen molar-refractivity contribution in [2.75, 3.05) is 39.9 Å². The monoisotopic (exact) mass is 399 g/mol. The fraction of sp³-hybridized carbons (Fsp3) is 0.611. The number of hydrogen-bond donors (Lipinski definition) is 0. The molecule has 6 nitrogen and oxygen atoms in total. The molecule has 3 rings (SSSR count). The lowest BCUT2D eigenvalue weighted by Crippen LogP contribution is -2.37. The van der Waals surface area contributed by atoms with E-state index in [0.717, 1.165) is 25.8 Å². The van der Waals surface area contributed by atoms with E-state index in [1.165, 1.54) is 12.3 Å². The number of hydrogen-bond acceptors (Lipinski definition) is 4. The number of carbonyl (C=O) groups excluding carboxylic acids is 2. The Hall–Kier alpha value is -1.37. The normalized spacial score (nSPS) is 23.6. The number of methoxy groups -OCH3 is 1. The summed E-state index contributed by atoms with van der Waals surface area (Å²) in [6, 6.07) is 1.48. The molecule has 2 amide bonds. The molecule has 1 unspecified atom stereocenters. The van der Waals surface area contributed by atoms with E-state index in [4.69, 9.17) is 27.9 Å². The van der Waals surface area contributed by atoms with Crippen LogP contribution in [0.3, 0.4) is 0 Å². The summed E-state index contributed by atoms with van der Waals surface area (Å²) >= 11 is 12.0. The number of pyridine rings is 1. The summed E-state index contributed by atoms with van der Waals surface area (Å²) in [5.74, 6) is 0.0490. The SMILES string of the molecule is COCCN1CCC2(CCCN(C(=O)c3cnc(Cl)cc3Cl)CC2)C1=O. The zero-order valence-corrected chi connectivity index (χ0v) is 16.4. The summed E-state index contributed by atoms with van der Waals surface area (Å²) in [6.07, 6.45) is 4.56. The van der Waals surface area contributed by atoms with Gasteiger partial charge >= 0.3 is 0 Å². The van der Waals surface area contributed by atoms with Gasteiger partial charge in [0.2, 0.25) is 5.91 Å². The smallest absolute Gasteiger partial charge is 0.256 e. The van der Waals surface area contributed by atoms with Gasteiger partial charge in [0.05, 0.1) is 22.6 Å². The van der Waals surface area contributed by atoms with Gasteiger partial charge in [0.15, 0.2) is 0 Å². The van der Waals surface area contributed by atoms with E-state index in [-0.39, 0.29) is 22.4 Å². The van der Waals surface area contributed by atoms with Crippen LogP contribution in [0.25, 0.3) is 0 Å². The Morgan fingerprint density at radius 2 is 2.04 bits per heavy atom. The molecule has 1 aromatic heterocycles. The van der Waals surface area contributed by atoms with Gasteiger partial charge in [-0.2, -0.15) is 0 Å². The zero-order valence-electron chi connectivity index (χ0n) is 14.8. The Kier molecular flexibility index (Phi) is 6.05. The molecule has 3 heterocycles. The number of carbonyl (C=O) groups is 2. The third-order valence-electron chi connectivity index (χ3n) is 5.45. The summed E-state index contributed by atoms with van der Waals surface area (Å²) in [7, 11) is 1.64. The Bertz CT molecular complexity index is 700. The fourth-order valence-corrected chi connectivity index (χ4v) is 4.35. The van der Waals surface area contributed by atoms with Crippen molar-refractivity contribution in [1.82, 2.24) is 14.8 Å². The highest BCUT2D eigenvalue weighted by Gasteiger charge is 2.47. The lowest BCUT2D eigenvalue weighted by atomic mass is 9.79. The topological polar surface area (TPSA) is 62.7 Å². The highest BCUT2D eigenvalue weighted by molar-refractivity contribution is 6.36. The Morgan fingerprint density at radius 3 is 2.77 bits per heavy atom. The molecule has 2 saturated heterocycles. The highest BCUT2D eigenvalue weighted by Crippen LogP contribution is 2.41. The van der Waals surface area contributed by atoms with Crippen molar-refractivity contribution in [3.8, 4) is 0 Å². The van der Waals surface area contributed by atoms with Crippen LogP contribution in [0.4, 0.5) is 0 Å². The van der Waals surface area contributed by atoms with Gasteiger partial charge in [-0.05, 0) is 31.7 Å². The van der Waals surface area contributed by atoms with Crippen molar-refractivity contribution >= 4 is 35.0 Å². The third-order valence-corrected chi connectivity index (χ3v) is 5.97. The van der Waals surface area contributed by atoms with Crippen LogP contribution in [0.15, 0.2) is 12.3 Å². The van der Waals surface area contributed by atoms with Gasteiger partial charge in [0, 0.05) is 39.5 Å². The first kappa shape index (κ1) is 19.4. The summed E-state index contributed by atoms with van der Waals surface area (Å²) in [4.78, 5) is 33.3. The van der Waals surface area contributed by atoms with Gasteiger partial charge in [-0.25, -0.2) is 4.98 Å². The second kappa shape index (κ2) is 8.11. The maximum atomic E-state index is 12.9. The summed E-state index contributed by atoms with van der Waals surface area (Å²) in [6.45, 7) is 3.11. The van der Waals surface area contributed by atoms with Crippen molar-refractivity contribution in [2.45, 2.75) is 25.7 Å². The van der Waals surface area contributed by atoms with Crippen LogP contribution in [0.1, 0.15) is 36.0 Å². The molecule has 1 spiro atoms. The van der Waals surface area contributed by atoms with Crippen LogP contribution in [-0.2, 0) is 9.53 Å². The van der Waals surface area contributed by atoms with E-state index in [0.29, 0.717) is 43.2 Å². The van der Waals surface area contributed by atoms with Crippen LogP contribution >= 0.6 is 23.2 Å². The highest BCUT2D eigenvalue weighted by atomic mass is 35.5. The molecule has 142 valence electrons. The van der Waals surface area contributed by atoms with Crippen molar-refractivity contribution in [1.29, 1.82) is 0 Å². The van der Waals surface area contributed by atoms with Crippen LogP contribution in [-0.4, -0.2) is 66.5 Å². The van der Waals surface area contributed by atoms with Gasteiger partial charge < -0.3 is 14.5 Å². The standard InChI is InChI=1S/C18H23Cl2N3O3/c1-26-10-9-23-8-5-18(17(23)25)3-2-6-22(7-4-18)16(24)13-12-21-15(20)11-14(13)19/h11-12H,2-10H2,1H3. The number of amides is 2. The van der Waals surface area contributed by atoms with Crippen molar-refractivity contribution in [3.05, 3.63) is 28.0 Å². The molecular formula is C18H23Cl2N3O3. The molecule has 0 N–H and O–H groups in total. The van der Waals surface area contributed by atoms with Crippen LogP contribution in [0.2, 0.25) is 10.2 Å². The van der Waals surface area contributed by atoms with Gasteiger partial charge in [-0.1, -0.05) is 23.2 Å². The number of ether oxygens (including phenoxy) is 1. The van der Waals surface area contributed by atoms with Gasteiger partial charge in [0.1, 0.15) is 5.15 Å². The van der Waals surface area contributed by atoms with E-state index in [1.807, 2.05) is 4.90 Å². The molecule has 1 atom stereocenters. The molecule has 26 heavy (non-hydrogen) atoms. The maximum Gasteiger partial charge on any atom is 0.256 e. The molecule has 2 aliphatic heterocycles. The van der Waals surface area contributed by atoms with Gasteiger partial charge in [0.25, 0.3) is 5.91 Å². The number of likely N-dealkylation sites (tertiary alicyclic amines) is 2.